The summed E-state index contributed by atoms with van der Waals surface area (Å²) in [4.78, 5) is 13.0. The van der Waals surface area contributed by atoms with E-state index in [0.717, 1.165) is 10.5 Å². The summed E-state index contributed by atoms with van der Waals surface area (Å²) in [6, 6.07) is 13.7. The molecule has 126 valence electrons. The van der Waals surface area contributed by atoms with Crippen molar-refractivity contribution in [2.24, 2.45) is 0 Å². The van der Waals surface area contributed by atoms with Crippen LogP contribution in [0.15, 0.2) is 47.4 Å². The molecule has 0 spiro atoms. The van der Waals surface area contributed by atoms with Gasteiger partial charge in [0.1, 0.15) is 13.2 Å². The number of fused-ring (bicyclic) bond motifs is 1. The summed E-state index contributed by atoms with van der Waals surface area (Å²) in [5, 5.41) is 3.48. The minimum absolute atomic E-state index is 0.0208. The molecular weight excluding hydrogens is 346 g/mol. The first-order valence-corrected chi connectivity index (χ1v) is 9.11. The summed E-state index contributed by atoms with van der Waals surface area (Å²) in [6.45, 7) is 1.60. The van der Waals surface area contributed by atoms with Crippen molar-refractivity contribution in [3.05, 3.63) is 53.1 Å². The normalized spacial score (nSPS) is 12.7. The SMILES string of the molecule is O=C(CSc1ccccc1)NCCc1cc(Cl)c2c(c1)OCCO2. The Kier molecular flexibility index (Phi) is 5.88. The number of hydrogen-bond donors (Lipinski definition) is 1. The number of nitrogens with one attached hydrogen (secondary N) is 1. The number of thioether (sulfide) groups is 1. The van der Waals surface area contributed by atoms with Crippen molar-refractivity contribution >= 4 is 29.3 Å². The number of hydrogen-bond acceptors (Lipinski definition) is 4. The minimum atomic E-state index is 0.0208. The van der Waals surface area contributed by atoms with E-state index in [2.05, 4.69) is 5.32 Å². The van der Waals surface area contributed by atoms with Crippen LogP contribution in [-0.2, 0) is 11.2 Å². The predicted molar refractivity (Wildman–Crippen MR) is 96.3 cm³/mol. The highest BCUT2D eigenvalue weighted by Gasteiger charge is 2.16. The van der Waals surface area contributed by atoms with Crippen LogP contribution in [0.4, 0.5) is 0 Å². The maximum absolute atomic E-state index is 11.9. The first-order valence-electron chi connectivity index (χ1n) is 7.75. The smallest absolute Gasteiger partial charge is 0.230 e. The zero-order chi connectivity index (χ0) is 16.8. The van der Waals surface area contributed by atoms with E-state index in [9.17, 15) is 4.79 Å². The molecule has 6 heteroatoms. The molecule has 1 amide bonds. The molecule has 3 rings (SSSR count). The van der Waals surface area contributed by atoms with Gasteiger partial charge in [-0.1, -0.05) is 29.8 Å². The minimum Gasteiger partial charge on any atom is -0.486 e. The van der Waals surface area contributed by atoms with Crippen LogP contribution in [0.5, 0.6) is 11.5 Å². The van der Waals surface area contributed by atoms with E-state index in [1.807, 2.05) is 42.5 Å². The first kappa shape index (κ1) is 17.0. The largest absolute Gasteiger partial charge is 0.486 e. The summed E-state index contributed by atoms with van der Waals surface area (Å²) in [6.07, 6.45) is 0.693. The predicted octanol–water partition coefficient (Wildman–Crippen LogP) is 3.56. The zero-order valence-corrected chi connectivity index (χ0v) is 14.7. The van der Waals surface area contributed by atoms with E-state index >= 15 is 0 Å². The first-order chi connectivity index (χ1) is 11.7. The number of ether oxygens (including phenoxy) is 2. The maximum Gasteiger partial charge on any atom is 0.230 e. The van der Waals surface area contributed by atoms with Crippen LogP contribution in [0.2, 0.25) is 5.02 Å². The monoisotopic (exact) mass is 363 g/mol. The Morgan fingerprint density at radius 3 is 2.79 bits per heavy atom. The Balaban J connectivity index is 1.46. The molecule has 1 heterocycles. The summed E-state index contributed by atoms with van der Waals surface area (Å²) >= 11 is 7.74. The Morgan fingerprint density at radius 1 is 1.17 bits per heavy atom. The molecule has 0 aromatic heterocycles. The average molecular weight is 364 g/mol. The third-order valence-electron chi connectivity index (χ3n) is 3.51. The highest BCUT2D eigenvalue weighted by atomic mass is 35.5. The summed E-state index contributed by atoms with van der Waals surface area (Å²) < 4.78 is 11.1. The average Bonchev–Trinajstić information content (AvgIpc) is 2.61. The van der Waals surface area contributed by atoms with Crippen LogP contribution in [-0.4, -0.2) is 31.4 Å². The molecule has 1 aliphatic heterocycles. The number of benzene rings is 2. The van der Waals surface area contributed by atoms with Gasteiger partial charge in [-0.05, 0) is 36.2 Å². The maximum atomic E-state index is 11.9. The van der Waals surface area contributed by atoms with Crippen molar-refractivity contribution < 1.29 is 14.3 Å². The van der Waals surface area contributed by atoms with E-state index in [1.54, 1.807) is 0 Å². The molecule has 0 saturated carbocycles. The third kappa shape index (κ3) is 4.58. The van der Waals surface area contributed by atoms with Crippen molar-refractivity contribution in [3.8, 4) is 11.5 Å². The second-order valence-electron chi connectivity index (χ2n) is 5.30. The van der Waals surface area contributed by atoms with Crippen molar-refractivity contribution in [1.29, 1.82) is 0 Å². The highest BCUT2D eigenvalue weighted by molar-refractivity contribution is 8.00. The molecule has 0 saturated heterocycles. The number of rotatable bonds is 6. The van der Waals surface area contributed by atoms with Gasteiger partial charge in [0.2, 0.25) is 5.91 Å². The van der Waals surface area contributed by atoms with Crippen LogP contribution >= 0.6 is 23.4 Å². The van der Waals surface area contributed by atoms with Gasteiger partial charge in [0, 0.05) is 11.4 Å². The molecule has 2 aromatic carbocycles. The van der Waals surface area contributed by atoms with Crippen molar-refractivity contribution in [2.45, 2.75) is 11.3 Å². The van der Waals surface area contributed by atoms with Crippen LogP contribution in [0.25, 0.3) is 0 Å². The van der Waals surface area contributed by atoms with E-state index in [1.165, 1.54) is 11.8 Å². The number of halogens is 1. The van der Waals surface area contributed by atoms with Gasteiger partial charge in [-0.2, -0.15) is 0 Å². The quantitative estimate of drug-likeness (QED) is 0.797. The topological polar surface area (TPSA) is 47.6 Å². The Morgan fingerprint density at radius 2 is 1.96 bits per heavy atom. The second-order valence-corrected chi connectivity index (χ2v) is 6.76. The molecule has 1 aliphatic rings. The van der Waals surface area contributed by atoms with Gasteiger partial charge in [0.25, 0.3) is 0 Å². The van der Waals surface area contributed by atoms with Crippen LogP contribution in [0.1, 0.15) is 5.56 Å². The summed E-state index contributed by atoms with van der Waals surface area (Å²) in [5.41, 5.74) is 1.01. The molecule has 0 atom stereocenters. The van der Waals surface area contributed by atoms with Crippen molar-refractivity contribution in [1.82, 2.24) is 5.32 Å². The van der Waals surface area contributed by atoms with E-state index in [4.69, 9.17) is 21.1 Å². The van der Waals surface area contributed by atoms with Crippen LogP contribution < -0.4 is 14.8 Å². The van der Waals surface area contributed by atoms with Crippen LogP contribution in [0, 0.1) is 0 Å². The zero-order valence-electron chi connectivity index (χ0n) is 13.1. The standard InChI is InChI=1S/C18H18ClNO3S/c19-15-10-13(11-16-18(15)23-9-8-22-16)6-7-20-17(21)12-24-14-4-2-1-3-5-14/h1-5,10-11H,6-9,12H2,(H,20,21). The van der Waals surface area contributed by atoms with Gasteiger partial charge >= 0.3 is 0 Å². The number of carbonyl (C=O) groups is 1. The van der Waals surface area contributed by atoms with Crippen LogP contribution in [0.3, 0.4) is 0 Å². The third-order valence-corrected chi connectivity index (χ3v) is 4.80. The van der Waals surface area contributed by atoms with E-state index < -0.39 is 0 Å². The van der Waals surface area contributed by atoms with Gasteiger partial charge in [-0.25, -0.2) is 0 Å². The van der Waals surface area contributed by atoms with Crippen molar-refractivity contribution in [3.63, 3.8) is 0 Å². The molecule has 24 heavy (non-hydrogen) atoms. The molecule has 0 fully saturated rings. The lowest BCUT2D eigenvalue weighted by molar-refractivity contribution is -0.118. The molecule has 1 N–H and O–H groups in total. The van der Waals surface area contributed by atoms with Gasteiger partial charge in [-0.15, -0.1) is 11.8 Å². The molecule has 0 bridgehead atoms. The van der Waals surface area contributed by atoms with Crippen molar-refractivity contribution in [2.75, 3.05) is 25.5 Å². The van der Waals surface area contributed by atoms with Gasteiger partial charge in [-0.3, -0.25) is 4.79 Å². The Hall–Kier alpha value is -1.85. The van der Waals surface area contributed by atoms with E-state index in [0.29, 0.717) is 48.5 Å². The molecule has 0 aliphatic carbocycles. The molecular formula is C18H18ClNO3S. The summed E-state index contributed by atoms with van der Waals surface area (Å²) in [7, 11) is 0. The van der Waals surface area contributed by atoms with Gasteiger partial charge in [0.15, 0.2) is 11.5 Å². The fourth-order valence-corrected chi connectivity index (χ4v) is 3.41. The Bertz CT molecular complexity index is 709. The highest BCUT2D eigenvalue weighted by Crippen LogP contribution is 2.38. The molecule has 4 nitrogen and oxygen atoms in total. The molecule has 0 unspecified atom stereocenters. The van der Waals surface area contributed by atoms with Gasteiger partial charge in [0.05, 0.1) is 10.8 Å². The Labute approximate surface area is 150 Å². The number of amides is 1. The lowest BCUT2D eigenvalue weighted by atomic mass is 10.1. The molecule has 2 aromatic rings. The molecule has 0 radical (unpaired) electrons. The van der Waals surface area contributed by atoms with E-state index in [-0.39, 0.29) is 5.91 Å². The summed E-state index contributed by atoms with van der Waals surface area (Å²) in [5.74, 6) is 1.71. The fourth-order valence-electron chi connectivity index (χ4n) is 2.37. The number of carbonyl (C=O) groups excluding carboxylic acids is 1. The second kappa shape index (κ2) is 8.31. The lowest BCUT2D eigenvalue weighted by Gasteiger charge is -2.20. The lowest BCUT2D eigenvalue weighted by Crippen LogP contribution is -2.27. The van der Waals surface area contributed by atoms with Gasteiger partial charge < -0.3 is 14.8 Å². The fraction of sp³-hybridized carbons (Fsp3) is 0.278.